The molecule has 4 heteroatoms. The van der Waals surface area contributed by atoms with Gasteiger partial charge in [-0.05, 0) is 6.07 Å². The Kier molecular flexibility index (Phi) is 1.62. The second-order valence-electron chi connectivity index (χ2n) is 2.69. The second-order valence-corrected chi connectivity index (χ2v) is 2.69. The van der Waals surface area contributed by atoms with Crippen molar-refractivity contribution in [2.45, 2.75) is 0 Å². The van der Waals surface area contributed by atoms with Crippen LogP contribution >= 0.6 is 0 Å². The first-order valence-corrected chi connectivity index (χ1v) is 3.64. The topological polar surface area (TPSA) is 32.9 Å². The van der Waals surface area contributed by atoms with Gasteiger partial charge >= 0.3 is 0 Å². The first-order chi connectivity index (χ1) is 6.16. The Morgan fingerprint density at radius 1 is 1.15 bits per heavy atom. The van der Waals surface area contributed by atoms with Crippen LogP contribution in [0, 0.1) is 11.6 Å². The van der Waals surface area contributed by atoms with Gasteiger partial charge in [-0.25, -0.2) is 8.78 Å². The Labute approximate surface area is 71.8 Å². The van der Waals surface area contributed by atoms with Crippen LogP contribution in [0.2, 0.25) is 0 Å². The highest BCUT2D eigenvalue weighted by Crippen LogP contribution is 2.16. The number of hydrogen-bond donors (Lipinski definition) is 1. The summed E-state index contributed by atoms with van der Waals surface area (Å²) in [5, 5.41) is 0.474. The van der Waals surface area contributed by atoms with E-state index in [0.717, 1.165) is 18.2 Å². The van der Waals surface area contributed by atoms with E-state index >= 15 is 0 Å². The van der Waals surface area contributed by atoms with E-state index in [0.29, 0.717) is 5.39 Å². The molecule has 0 amide bonds. The molecular weight excluding hydrogens is 176 g/mol. The molecule has 1 aromatic heterocycles. The predicted molar refractivity (Wildman–Crippen MR) is 44.5 cm³/mol. The van der Waals surface area contributed by atoms with Gasteiger partial charge in [0.1, 0.15) is 11.6 Å². The zero-order chi connectivity index (χ0) is 9.42. The van der Waals surface area contributed by atoms with Gasteiger partial charge in [0.05, 0.1) is 0 Å². The summed E-state index contributed by atoms with van der Waals surface area (Å²) in [6.45, 7) is 0. The molecule has 0 bridgehead atoms. The van der Waals surface area contributed by atoms with E-state index in [9.17, 15) is 13.6 Å². The summed E-state index contributed by atoms with van der Waals surface area (Å²) in [5.41, 5.74) is -0.405. The lowest BCUT2D eigenvalue weighted by Gasteiger charge is -1.97. The lowest BCUT2D eigenvalue weighted by atomic mass is 10.1. The fourth-order valence-corrected chi connectivity index (χ4v) is 1.20. The summed E-state index contributed by atoms with van der Waals surface area (Å²) in [4.78, 5) is 13.1. The molecule has 66 valence electrons. The van der Waals surface area contributed by atoms with Crippen LogP contribution in [0.1, 0.15) is 0 Å². The standard InChI is InChI=1S/C9H5F2NO/c10-6-1-5-4-12-9(13)3-7(5)8(11)2-6/h1-4H,(H,12,13). The first-order valence-electron chi connectivity index (χ1n) is 3.64. The quantitative estimate of drug-likeness (QED) is 0.660. The molecule has 0 unspecified atom stereocenters. The van der Waals surface area contributed by atoms with Crippen LogP contribution in [0.3, 0.4) is 0 Å². The molecule has 1 aromatic carbocycles. The largest absolute Gasteiger partial charge is 0.328 e. The zero-order valence-electron chi connectivity index (χ0n) is 6.47. The van der Waals surface area contributed by atoms with Gasteiger partial charge in [-0.2, -0.15) is 0 Å². The van der Waals surface area contributed by atoms with Crippen molar-refractivity contribution in [2.75, 3.05) is 0 Å². The van der Waals surface area contributed by atoms with Crippen molar-refractivity contribution in [3.05, 3.63) is 46.4 Å². The third-order valence-electron chi connectivity index (χ3n) is 1.77. The molecule has 1 heterocycles. The summed E-state index contributed by atoms with van der Waals surface area (Å²) in [7, 11) is 0. The highest BCUT2D eigenvalue weighted by molar-refractivity contribution is 5.81. The van der Waals surface area contributed by atoms with Crippen LogP contribution < -0.4 is 5.56 Å². The highest BCUT2D eigenvalue weighted by atomic mass is 19.1. The van der Waals surface area contributed by atoms with E-state index < -0.39 is 17.2 Å². The van der Waals surface area contributed by atoms with Crippen LogP contribution in [0.15, 0.2) is 29.2 Å². The van der Waals surface area contributed by atoms with Gasteiger partial charge in [-0.1, -0.05) is 0 Å². The second kappa shape index (κ2) is 2.65. The van der Waals surface area contributed by atoms with E-state index in [1.165, 1.54) is 6.20 Å². The van der Waals surface area contributed by atoms with Crippen molar-refractivity contribution < 1.29 is 8.78 Å². The Morgan fingerprint density at radius 3 is 2.69 bits per heavy atom. The van der Waals surface area contributed by atoms with E-state index in [1.54, 1.807) is 0 Å². The van der Waals surface area contributed by atoms with Gasteiger partial charge in [0.15, 0.2) is 0 Å². The predicted octanol–water partition coefficient (Wildman–Crippen LogP) is 1.81. The minimum atomic E-state index is -0.721. The summed E-state index contributed by atoms with van der Waals surface area (Å²) < 4.78 is 25.7. The maximum absolute atomic E-state index is 13.0. The minimum absolute atomic E-state index is 0.130. The Morgan fingerprint density at radius 2 is 1.92 bits per heavy atom. The monoisotopic (exact) mass is 181 g/mol. The molecule has 0 saturated heterocycles. The van der Waals surface area contributed by atoms with Crippen LogP contribution in [0.25, 0.3) is 10.8 Å². The molecule has 2 nitrogen and oxygen atoms in total. The van der Waals surface area contributed by atoms with Crippen molar-refractivity contribution in [2.24, 2.45) is 0 Å². The van der Waals surface area contributed by atoms with Crippen LogP contribution in [-0.4, -0.2) is 4.98 Å². The fraction of sp³-hybridized carbons (Fsp3) is 0. The molecule has 0 aliphatic carbocycles. The normalized spacial score (nSPS) is 10.6. The summed E-state index contributed by atoms with van der Waals surface area (Å²) in [5.74, 6) is -1.38. The molecule has 2 rings (SSSR count). The minimum Gasteiger partial charge on any atom is -0.328 e. The summed E-state index contributed by atoms with van der Waals surface area (Å²) in [6, 6.07) is 3.01. The third kappa shape index (κ3) is 1.30. The van der Waals surface area contributed by atoms with Gasteiger partial charge in [0, 0.05) is 29.1 Å². The number of aromatic nitrogens is 1. The van der Waals surface area contributed by atoms with Gasteiger partial charge < -0.3 is 4.98 Å². The maximum Gasteiger partial charge on any atom is 0.248 e. The van der Waals surface area contributed by atoms with E-state index in [4.69, 9.17) is 0 Å². The molecule has 0 aliphatic heterocycles. The van der Waals surface area contributed by atoms with Gasteiger partial charge in [-0.15, -0.1) is 0 Å². The van der Waals surface area contributed by atoms with Crippen molar-refractivity contribution in [3.63, 3.8) is 0 Å². The van der Waals surface area contributed by atoms with Crippen LogP contribution in [0.4, 0.5) is 8.78 Å². The molecule has 0 spiro atoms. The van der Waals surface area contributed by atoms with Gasteiger partial charge in [0.25, 0.3) is 0 Å². The van der Waals surface area contributed by atoms with Crippen LogP contribution in [0.5, 0.6) is 0 Å². The van der Waals surface area contributed by atoms with Crippen molar-refractivity contribution in [1.82, 2.24) is 4.98 Å². The maximum atomic E-state index is 13.0. The van der Waals surface area contributed by atoms with E-state index in [-0.39, 0.29) is 5.39 Å². The molecule has 0 saturated carbocycles. The highest BCUT2D eigenvalue weighted by Gasteiger charge is 2.03. The number of halogens is 2. The molecule has 0 aliphatic rings. The Balaban J connectivity index is 2.95. The average Bonchev–Trinajstić information content (AvgIpc) is 2.06. The zero-order valence-corrected chi connectivity index (χ0v) is 6.47. The first kappa shape index (κ1) is 7.91. The molecular formula is C9H5F2NO. The average molecular weight is 181 g/mol. The lowest BCUT2D eigenvalue weighted by molar-refractivity contribution is 0.592. The van der Waals surface area contributed by atoms with E-state index in [1.807, 2.05) is 0 Å². The fourth-order valence-electron chi connectivity index (χ4n) is 1.20. The molecule has 2 aromatic rings. The number of aromatic amines is 1. The summed E-state index contributed by atoms with van der Waals surface area (Å²) >= 11 is 0. The Hall–Kier alpha value is -1.71. The molecule has 1 N–H and O–H groups in total. The number of fused-ring (bicyclic) bond motifs is 1. The number of H-pyrrole nitrogens is 1. The van der Waals surface area contributed by atoms with Gasteiger partial charge in [0.2, 0.25) is 5.56 Å². The molecule has 0 fully saturated rings. The third-order valence-corrected chi connectivity index (χ3v) is 1.77. The van der Waals surface area contributed by atoms with Gasteiger partial charge in [-0.3, -0.25) is 4.79 Å². The number of hydrogen-bond acceptors (Lipinski definition) is 1. The Bertz CT molecular complexity index is 518. The lowest BCUT2D eigenvalue weighted by Crippen LogP contribution is -2.02. The van der Waals surface area contributed by atoms with Crippen molar-refractivity contribution >= 4 is 10.8 Å². The number of benzene rings is 1. The smallest absolute Gasteiger partial charge is 0.248 e. The number of nitrogens with one attached hydrogen (secondary N) is 1. The van der Waals surface area contributed by atoms with Crippen LogP contribution in [-0.2, 0) is 0 Å². The molecule has 13 heavy (non-hydrogen) atoms. The van der Waals surface area contributed by atoms with E-state index in [2.05, 4.69) is 4.98 Å². The summed E-state index contributed by atoms with van der Waals surface area (Å²) in [6.07, 6.45) is 1.28. The molecule has 0 atom stereocenters. The van der Waals surface area contributed by atoms with Crippen molar-refractivity contribution in [1.29, 1.82) is 0 Å². The molecule has 0 radical (unpaired) electrons. The number of pyridine rings is 1. The van der Waals surface area contributed by atoms with Crippen molar-refractivity contribution in [3.8, 4) is 0 Å². The number of rotatable bonds is 0. The SMILES string of the molecule is O=c1cc2c(F)cc(F)cc2c[nH]1.